The Bertz CT molecular complexity index is 1030. The molecule has 1 saturated heterocycles. The van der Waals surface area contributed by atoms with Crippen molar-refractivity contribution in [3.05, 3.63) is 23.5 Å². The van der Waals surface area contributed by atoms with Crippen LogP contribution in [0.4, 0.5) is 11.6 Å². The van der Waals surface area contributed by atoms with Crippen LogP contribution in [0.5, 0.6) is 0 Å². The van der Waals surface area contributed by atoms with Crippen LogP contribution in [0.15, 0.2) is 18.5 Å². The SMILES string of the molecule is CC.Nc1nccc(-c2[nH]nc3nc(N4CCC5(CCC(O)C5)CC4)cnc23)c1Cl. The van der Waals surface area contributed by atoms with Crippen molar-refractivity contribution in [3.8, 4) is 11.3 Å². The number of H-pyrrole nitrogens is 1. The minimum Gasteiger partial charge on any atom is -0.393 e. The van der Waals surface area contributed by atoms with Gasteiger partial charge in [0.25, 0.3) is 0 Å². The van der Waals surface area contributed by atoms with Gasteiger partial charge in [0.1, 0.15) is 17.2 Å². The zero-order chi connectivity index (χ0) is 21.3. The lowest BCUT2D eigenvalue weighted by molar-refractivity contribution is 0.144. The Morgan fingerprint density at radius 3 is 2.70 bits per heavy atom. The van der Waals surface area contributed by atoms with Crippen molar-refractivity contribution < 1.29 is 5.11 Å². The molecule has 2 fully saturated rings. The molecule has 4 N–H and O–H groups in total. The summed E-state index contributed by atoms with van der Waals surface area (Å²) in [5.41, 5.74) is 8.73. The number of pyridine rings is 1. The van der Waals surface area contributed by atoms with Gasteiger partial charge in [0.05, 0.1) is 23.0 Å². The second kappa shape index (κ2) is 8.35. The Labute approximate surface area is 180 Å². The lowest BCUT2D eigenvalue weighted by Crippen LogP contribution is -2.39. The van der Waals surface area contributed by atoms with E-state index in [-0.39, 0.29) is 11.9 Å². The van der Waals surface area contributed by atoms with Crippen molar-refractivity contribution >= 4 is 34.4 Å². The Hall–Kier alpha value is -2.45. The third-order valence-corrected chi connectivity index (χ3v) is 6.66. The van der Waals surface area contributed by atoms with E-state index >= 15 is 0 Å². The average Bonchev–Trinajstić information content (AvgIpc) is 3.35. The van der Waals surface area contributed by atoms with E-state index in [0.29, 0.717) is 32.9 Å². The summed E-state index contributed by atoms with van der Waals surface area (Å²) in [6.07, 6.45) is 8.44. The quantitative estimate of drug-likeness (QED) is 0.567. The highest BCUT2D eigenvalue weighted by molar-refractivity contribution is 6.35. The van der Waals surface area contributed by atoms with Crippen LogP contribution < -0.4 is 10.6 Å². The molecule has 1 saturated carbocycles. The molecule has 1 unspecified atom stereocenters. The third-order valence-electron chi connectivity index (χ3n) is 6.26. The fourth-order valence-electron chi connectivity index (χ4n) is 4.62. The van der Waals surface area contributed by atoms with E-state index < -0.39 is 0 Å². The van der Waals surface area contributed by atoms with Gasteiger partial charge >= 0.3 is 0 Å². The highest BCUT2D eigenvalue weighted by atomic mass is 35.5. The first-order valence-corrected chi connectivity index (χ1v) is 11.0. The van der Waals surface area contributed by atoms with Gasteiger partial charge in [0.2, 0.25) is 5.65 Å². The molecule has 8 nitrogen and oxygen atoms in total. The molecule has 1 atom stereocenters. The lowest BCUT2D eigenvalue weighted by Gasteiger charge is -2.39. The number of hydrogen-bond donors (Lipinski definition) is 3. The maximum atomic E-state index is 9.91. The van der Waals surface area contributed by atoms with Gasteiger partial charge in [-0.1, -0.05) is 25.4 Å². The number of aromatic amines is 1. The molecule has 3 aromatic rings. The number of piperidine rings is 1. The van der Waals surface area contributed by atoms with Crippen molar-refractivity contribution in [3.63, 3.8) is 0 Å². The number of hydrogen-bond acceptors (Lipinski definition) is 7. The second-order valence-electron chi connectivity index (χ2n) is 7.94. The molecule has 30 heavy (non-hydrogen) atoms. The van der Waals surface area contributed by atoms with Crippen LogP contribution in [0.25, 0.3) is 22.4 Å². The van der Waals surface area contributed by atoms with Crippen molar-refractivity contribution in [1.82, 2.24) is 25.1 Å². The topological polar surface area (TPSA) is 117 Å². The molecule has 1 aliphatic heterocycles. The van der Waals surface area contributed by atoms with Crippen LogP contribution in [-0.4, -0.2) is 49.4 Å². The summed E-state index contributed by atoms with van der Waals surface area (Å²) in [7, 11) is 0. The van der Waals surface area contributed by atoms with Gasteiger partial charge in [0, 0.05) is 24.8 Å². The zero-order valence-corrected chi connectivity index (χ0v) is 18.2. The molecule has 3 aromatic heterocycles. The van der Waals surface area contributed by atoms with Gasteiger partial charge in [0.15, 0.2) is 0 Å². The summed E-state index contributed by atoms with van der Waals surface area (Å²) >= 11 is 6.30. The van der Waals surface area contributed by atoms with Crippen molar-refractivity contribution in [2.45, 2.75) is 52.1 Å². The minimum absolute atomic E-state index is 0.126. The number of anilines is 2. The molecular formula is C21H28ClN7O. The first-order chi connectivity index (χ1) is 14.5. The normalized spacial score (nSPS) is 20.4. The predicted molar refractivity (Wildman–Crippen MR) is 119 cm³/mol. The van der Waals surface area contributed by atoms with Crippen LogP contribution in [-0.2, 0) is 0 Å². The fourth-order valence-corrected chi connectivity index (χ4v) is 4.83. The first kappa shape index (κ1) is 20.8. The predicted octanol–water partition coefficient (Wildman–Crippen LogP) is 3.81. The zero-order valence-electron chi connectivity index (χ0n) is 17.4. The maximum Gasteiger partial charge on any atom is 0.202 e. The highest BCUT2D eigenvalue weighted by Crippen LogP contribution is 2.46. The summed E-state index contributed by atoms with van der Waals surface area (Å²) in [6, 6.07) is 1.78. The number of fused-ring (bicyclic) bond motifs is 1. The summed E-state index contributed by atoms with van der Waals surface area (Å²) in [4.78, 5) is 15.6. The molecular weight excluding hydrogens is 402 g/mol. The fraction of sp³-hybridized carbons (Fsp3) is 0.524. The summed E-state index contributed by atoms with van der Waals surface area (Å²) in [5, 5.41) is 17.6. The van der Waals surface area contributed by atoms with E-state index in [1.807, 2.05) is 13.8 Å². The third kappa shape index (κ3) is 3.70. The molecule has 0 aromatic carbocycles. The average molecular weight is 430 g/mol. The van der Waals surface area contributed by atoms with Crippen LogP contribution in [0, 0.1) is 5.41 Å². The molecule has 160 valence electrons. The van der Waals surface area contributed by atoms with Crippen molar-refractivity contribution in [1.29, 1.82) is 0 Å². The highest BCUT2D eigenvalue weighted by Gasteiger charge is 2.41. The lowest BCUT2D eigenvalue weighted by atomic mass is 9.77. The van der Waals surface area contributed by atoms with E-state index in [0.717, 1.165) is 51.0 Å². The summed E-state index contributed by atoms with van der Waals surface area (Å²) in [6.45, 7) is 5.85. The van der Waals surface area contributed by atoms with Crippen LogP contribution >= 0.6 is 11.6 Å². The number of nitrogens with zero attached hydrogens (tertiary/aromatic N) is 5. The molecule has 9 heteroatoms. The van der Waals surface area contributed by atoms with E-state index in [4.69, 9.17) is 22.3 Å². The van der Waals surface area contributed by atoms with E-state index in [1.165, 1.54) is 0 Å². The molecule has 0 bridgehead atoms. The van der Waals surface area contributed by atoms with Crippen LogP contribution in [0.2, 0.25) is 5.02 Å². The number of aliphatic hydroxyl groups is 1. The van der Waals surface area contributed by atoms with Gasteiger partial charge in [-0.15, -0.1) is 0 Å². The number of nitrogens with two attached hydrogens (primary N) is 1. The summed E-state index contributed by atoms with van der Waals surface area (Å²) in [5.74, 6) is 1.10. The Morgan fingerprint density at radius 1 is 1.23 bits per heavy atom. The molecule has 4 heterocycles. The number of halogens is 1. The standard InChI is InChI=1S/C19H22ClN7O.C2H6/c20-14-12(2-6-22-17(14)21)15-16-18(26-25-15)24-13(10-23-16)27-7-4-19(5-8-27)3-1-11(28)9-19;1-2/h2,6,10-11,28H,1,3-5,7-9H2,(H2,21,22)(H,24,25,26);1-2H3. The van der Waals surface area contributed by atoms with Crippen molar-refractivity contribution in [2.75, 3.05) is 23.7 Å². The van der Waals surface area contributed by atoms with Crippen LogP contribution in [0.3, 0.4) is 0 Å². The van der Waals surface area contributed by atoms with Crippen molar-refractivity contribution in [2.24, 2.45) is 5.41 Å². The number of aromatic nitrogens is 5. The van der Waals surface area contributed by atoms with E-state index in [2.05, 4.69) is 25.1 Å². The largest absolute Gasteiger partial charge is 0.393 e. The van der Waals surface area contributed by atoms with Gasteiger partial charge < -0.3 is 15.7 Å². The Balaban J connectivity index is 0.00000106. The Morgan fingerprint density at radius 2 is 2.00 bits per heavy atom. The molecule has 2 aliphatic rings. The monoisotopic (exact) mass is 429 g/mol. The van der Waals surface area contributed by atoms with Gasteiger partial charge in [-0.05, 0) is 43.6 Å². The smallest absolute Gasteiger partial charge is 0.202 e. The number of nitrogen functional groups attached to an aromatic ring is 1. The first-order valence-electron chi connectivity index (χ1n) is 10.6. The van der Waals surface area contributed by atoms with E-state index in [9.17, 15) is 5.11 Å². The summed E-state index contributed by atoms with van der Waals surface area (Å²) < 4.78 is 0. The number of rotatable bonds is 2. The van der Waals surface area contributed by atoms with Crippen LogP contribution in [0.1, 0.15) is 46.0 Å². The van der Waals surface area contributed by atoms with E-state index in [1.54, 1.807) is 18.5 Å². The molecule has 5 rings (SSSR count). The number of aliphatic hydroxyl groups excluding tert-OH is 1. The number of nitrogens with one attached hydrogen (secondary N) is 1. The van der Waals surface area contributed by atoms with Gasteiger partial charge in [-0.3, -0.25) is 5.10 Å². The van der Waals surface area contributed by atoms with Gasteiger partial charge in [-0.25, -0.2) is 15.0 Å². The second-order valence-corrected chi connectivity index (χ2v) is 8.32. The molecule has 1 aliphatic carbocycles. The molecule has 0 radical (unpaired) electrons. The Kier molecular flexibility index (Phi) is 5.79. The van der Waals surface area contributed by atoms with Gasteiger partial charge in [-0.2, -0.15) is 5.10 Å². The minimum atomic E-state index is -0.126. The molecule has 1 spiro atoms. The molecule has 0 amide bonds. The maximum absolute atomic E-state index is 9.91.